The molecule has 0 spiro atoms. The molecule has 0 aliphatic heterocycles. The molecule has 0 saturated carbocycles. The second-order valence-corrected chi connectivity index (χ2v) is 21.8. The molecule has 0 saturated heterocycles. The molecule has 0 aliphatic rings. The summed E-state index contributed by atoms with van der Waals surface area (Å²) >= 11 is 0. The van der Waals surface area contributed by atoms with Gasteiger partial charge in [-0.15, -0.1) is 0 Å². The van der Waals surface area contributed by atoms with Crippen LogP contribution in [0.3, 0.4) is 0 Å². The van der Waals surface area contributed by atoms with Gasteiger partial charge in [0.15, 0.2) is 0 Å². The molecule has 0 heteroatoms. The first-order chi connectivity index (χ1) is 46.6. The topological polar surface area (TPSA) is 0 Å². The van der Waals surface area contributed by atoms with Crippen molar-refractivity contribution in [3.05, 3.63) is 417 Å². The molecule has 13 rings (SSSR count). The van der Waals surface area contributed by atoms with Crippen molar-refractivity contribution in [3.8, 4) is 139 Å². The molecule has 0 N–H and O–H groups in total. The molecule has 430 valence electrons. The van der Waals surface area contributed by atoms with E-state index < -0.39 is 0 Å². The monoisotopic (exact) mass is 1180 g/mol. The first-order valence-corrected chi connectivity index (χ1v) is 30.9. The highest BCUT2D eigenvalue weighted by Crippen LogP contribution is 2.41. The van der Waals surface area contributed by atoms with Gasteiger partial charge >= 0.3 is 0 Å². The summed E-state index contributed by atoms with van der Waals surface area (Å²) in [5.74, 6) is 57.5. The van der Waals surface area contributed by atoms with Crippen molar-refractivity contribution < 1.29 is 0 Å². The van der Waals surface area contributed by atoms with Crippen molar-refractivity contribution in [2.45, 2.75) is 0 Å². The van der Waals surface area contributed by atoms with Crippen LogP contribution in [0.2, 0.25) is 0 Å². The third-order valence-corrected chi connectivity index (χ3v) is 15.4. The summed E-state index contributed by atoms with van der Waals surface area (Å²) in [5.41, 5.74) is 20.2. The molecule has 0 amide bonds. The van der Waals surface area contributed by atoms with Crippen molar-refractivity contribution in [1.82, 2.24) is 0 Å². The van der Waals surface area contributed by atoms with Gasteiger partial charge in [-0.3, -0.25) is 0 Å². The summed E-state index contributed by atoms with van der Waals surface area (Å²) in [4.78, 5) is 0. The Hall–Kier alpha value is -13.7. The van der Waals surface area contributed by atoms with Crippen LogP contribution in [0.25, 0.3) is 44.5 Å². The van der Waals surface area contributed by atoms with Crippen LogP contribution in [0.5, 0.6) is 0 Å². The predicted molar refractivity (Wildman–Crippen MR) is 388 cm³/mol. The highest BCUT2D eigenvalue weighted by Gasteiger charge is 2.21. The number of hydrogen-bond acceptors (Lipinski definition) is 0. The van der Waals surface area contributed by atoms with Crippen LogP contribution in [0.1, 0.15) is 89.0 Å². The van der Waals surface area contributed by atoms with E-state index in [-0.39, 0.29) is 0 Å². The van der Waals surface area contributed by atoms with Gasteiger partial charge in [-0.2, -0.15) is 0 Å². The summed E-state index contributed by atoms with van der Waals surface area (Å²) in [6.45, 7) is 0. The minimum absolute atomic E-state index is 0.736. The molecular formula is C94H54. The van der Waals surface area contributed by atoms with Gasteiger partial charge in [-0.25, -0.2) is 0 Å². The quantitative estimate of drug-likeness (QED) is 0.154. The van der Waals surface area contributed by atoms with Crippen LogP contribution in [0.15, 0.2) is 328 Å². The van der Waals surface area contributed by atoms with Gasteiger partial charge in [0.25, 0.3) is 0 Å². The van der Waals surface area contributed by atoms with Crippen LogP contribution >= 0.6 is 0 Å². The highest BCUT2D eigenvalue weighted by atomic mass is 14.2. The van der Waals surface area contributed by atoms with E-state index in [1.807, 2.05) is 255 Å². The summed E-state index contributed by atoms with van der Waals surface area (Å²) in [6.07, 6.45) is 0. The first kappa shape index (κ1) is 59.3. The van der Waals surface area contributed by atoms with Gasteiger partial charge in [-0.1, -0.05) is 277 Å². The lowest BCUT2D eigenvalue weighted by molar-refractivity contribution is 1.48. The Bertz CT molecular complexity index is 5110. The molecule has 0 unspecified atom stereocenters. The average Bonchev–Trinajstić information content (AvgIpc) is 0.775. The van der Waals surface area contributed by atoms with Gasteiger partial charge in [-0.05, 0) is 190 Å². The second kappa shape index (κ2) is 29.6. The number of hydrogen-bond donors (Lipinski definition) is 0. The first-order valence-electron chi connectivity index (χ1n) is 30.9. The standard InChI is InChI=1S/C94H54/c1-9-29-71(30-10-1)49-57-79-45-25-27-47-87(79)89-65-83(61-53-75-37-17-5-18-38-75)91(67-81(89)59-51-73-33-13-3-14-34-73)93-69-86(64-56-78-43-23-8-24-44-78)94(70-85(93)63-55-77-41-21-7-22-42-77)92-68-82(60-52-74-35-15-4-16-36-74)90(66-84(92)62-54-76-39-19-6-20-40-76)88-48-28-26-46-80(88)58-50-72-31-11-2-12-32-72/h1-48,65-70H. The lowest BCUT2D eigenvalue weighted by Gasteiger charge is -2.18. The van der Waals surface area contributed by atoms with E-state index in [9.17, 15) is 0 Å². The van der Waals surface area contributed by atoms with E-state index >= 15 is 0 Å². The number of rotatable bonds is 4. The molecule has 0 fully saturated rings. The van der Waals surface area contributed by atoms with Crippen LogP contribution in [0.4, 0.5) is 0 Å². The van der Waals surface area contributed by atoms with Crippen LogP contribution < -0.4 is 0 Å². The number of benzene rings is 13. The molecule has 0 nitrogen and oxygen atoms in total. The fourth-order valence-electron chi connectivity index (χ4n) is 10.7. The second-order valence-electron chi connectivity index (χ2n) is 21.8. The Morgan fingerprint density at radius 2 is 0.245 bits per heavy atom. The third-order valence-electron chi connectivity index (χ3n) is 15.4. The molecule has 0 radical (unpaired) electrons. The van der Waals surface area contributed by atoms with Gasteiger partial charge in [0.2, 0.25) is 0 Å². The Morgan fingerprint density at radius 1 is 0.106 bits per heavy atom. The Kier molecular flexibility index (Phi) is 18.7. The highest BCUT2D eigenvalue weighted by molar-refractivity contribution is 5.92. The maximum Gasteiger partial charge on any atom is 0.0335 e. The van der Waals surface area contributed by atoms with E-state index in [2.05, 4.69) is 168 Å². The van der Waals surface area contributed by atoms with Crippen molar-refractivity contribution in [2.75, 3.05) is 0 Å². The summed E-state index contributed by atoms with van der Waals surface area (Å²) in [7, 11) is 0. The molecular weight excluding hydrogens is 1130 g/mol. The van der Waals surface area contributed by atoms with E-state index in [0.29, 0.717) is 0 Å². The zero-order chi connectivity index (χ0) is 63.4. The van der Waals surface area contributed by atoms with Crippen molar-refractivity contribution in [1.29, 1.82) is 0 Å². The molecule has 13 aromatic carbocycles. The van der Waals surface area contributed by atoms with Crippen molar-refractivity contribution >= 4 is 0 Å². The van der Waals surface area contributed by atoms with Gasteiger partial charge in [0, 0.05) is 89.0 Å². The Labute approximate surface area is 552 Å². The van der Waals surface area contributed by atoms with E-state index in [0.717, 1.165) is 134 Å². The molecule has 0 aliphatic carbocycles. The SMILES string of the molecule is C(#Cc1ccccc1-c1cc(C#Cc2ccccc2)c(-c2cc(C#Cc3ccccc3)c(-c3cc(C#Cc4ccccc4)c(-c4ccccc4C#Cc4ccccc4)cc3C#Cc3ccccc3)cc2C#Cc2ccccc2)cc1C#Cc1ccccc1)c1ccccc1. The van der Waals surface area contributed by atoms with E-state index in [1.165, 1.54) is 0 Å². The van der Waals surface area contributed by atoms with Crippen LogP contribution in [0, 0.1) is 94.7 Å². The molecule has 13 aromatic rings. The minimum atomic E-state index is 0.736. The predicted octanol–water partition coefficient (Wildman–Crippen LogP) is 19.6. The largest absolute Gasteiger partial charge is 0.0622 e. The lowest BCUT2D eigenvalue weighted by atomic mass is 9.83. The zero-order valence-corrected chi connectivity index (χ0v) is 51.2. The fourth-order valence-corrected chi connectivity index (χ4v) is 10.7. The molecule has 0 bridgehead atoms. The lowest BCUT2D eigenvalue weighted by Crippen LogP contribution is -2.00. The summed E-state index contributed by atoms with van der Waals surface area (Å²) in [6, 6.07) is 110. The van der Waals surface area contributed by atoms with Crippen LogP contribution in [-0.2, 0) is 0 Å². The Morgan fingerprint density at radius 3 is 0.426 bits per heavy atom. The maximum absolute atomic E-state index is 3.74. The van der Waals surface area contributed by atoms with Crippen molar-refractivity contribution in [2.24, 2.45) is 0 Å². The van der Waals surface area contributed by atoms with Gasteiger partial charge in [0.05, 0.1) is 0 Å². The summed E-state index contributed by atoms with van der Waals surface area (Å²) < 4.78 is 0. The third kappa shape index (κ3) is 15.1. The van der Waals surface area contributed by atoms with Crippen molar-refractivity contribution in [3.63, 3.8) is 0 Å². The zero-order valence-electron chi connectivity index (χ0n) is 51.2. The molecule has 0 atom stereocenters. The molecule has 94 heavy (non-hydrogen) atoms. The average molecular weight is 1180 g/mol. The molecule has 0 aromatic heterocycles. The fraction of sp³-hybridized carbons (Fsp3) is 0. The van der Waals surface area contributed by atoms with Crippen LogP contribution in [-0.4, -0.2) is 0 Å². The smallest absolute Gasteiger partial charge is 0.0335 e. The van der Waals surface area contributed by atoms with E-state index in [4.69, 9.17) is 0 Å². The Balaban J connectivity index is 1.13. The normalized spacial score (nSPS) is 9.87. The van der Waals surface area contributed by atoms with Gasteiger partial charge in [0.1, 0.15) is 0 Å². The van der Waals surface area contributed by atoms with E-state index in [1.54, 1.807) is 0 Å². The maximum atomic E-state index is 3.74. The minimum Gasteiger partial charge on any atom is -0.0622 e. The summed E-state index contributed by atoms with van der Waals surface area (Å²) in [5, 5.41) is 0. The molecule has 0 heterocycles. The van der Waals surface area contributed by atoms with Gasteiger partial charge < -0.3 is 0 Å².